The predicted molar refractivity (Wildman–Crippen MR) is 69.6 cm³/mol. The summed E-state index contributed by atoms with van der Waals surface area (Å²) < 4.78 is 13.2. The van der Waals surface area contributed by atoms with E-state index < -0.39 is 0 Å². The minimum Gasteiger partial charge on any atom is -0.316 e. The largest absolute Gasteiger partial charge is 0.316 e. The van der Waals surface area contributed by atoms with Crippen molar-refractivity contribution in [2.45, 2.75) is 39.7 Å². The van der Waals surface area contributed by atoms with Crippen LogP contribution in [0.25, 0.3) is 0 Å². The summed E-state index contributed by atoms with van der Waals surface area (Å²) in [6.07, 6.45) is 2.20. The van der Waals surface area contributed by atoms with Crippen molar-refractivity contribution in [1.82, 2.24) is 5.32 Å². The lowest BCUT2D eigenvalue weighted by Crippen LogP contribution is -2.31. The van der Waals surface area contributed by atoms with Gasteiger partial charge in [0.15, 0.2) is 0 Å². The van der Waals surface area contributed by atoms with Gasteiger partial charge in [0.2, 0.25) is 0 Å². The third-order valence-corrected chi connectivity index (χ3v) is 4.20. The molecule has 0 saturated heterocycles. The number of nitrogens with one attached hydrogen (secondary N) is 1. The Hall–Kier alpha value is -0.890. The molecule has 2 rings (SSSR count). The normalized spacial score (nSPS) is 23.5. The average molecular weight is 235 g/mol. The van der Waals surface area contributed by atoms with E-state index in [4.69, 9.17) is 0 Å². The van der Waals surface area contributed by atoms with E-state index in [0.717, 1.165) is 17.9 Å². The maximum absolute atomic E-state index is 13.2. The average Bonchev–Trinajstić information content (AvgIpc) is 2.89. The maximum atomic E-state index is 13.2. The van der Waals surface area contributed by atoms with Gasteiger partial charge in [-0.05, 0) is 61.4 Å². The lowest BCUT2D eigenvalue weighted by atomic mass is 9.95. The molecule has 0 spiro atoms. The van der Waals surface area contributed by atoms with E-state index in [-0.39, 0.29) is 5.82 Å². The van der Waals surface area contributed by atoms with E-state index >= 15 is 0 Å². The summed E-state index contributed by atoms with van der Waals surface area (Å²) in [5.74, 6) is 0.589. The number of aryl methyl sites for hydroxylation is 1. The molecule has 1 aliphatic rings. The Labute approximate surface area is 103 Å². The fraction of sp³-hybridized carbons (Fsp3) is 0.600. The Kier molecular flexibility index (Phi) is 3.26. The van der Waals surface area contributed by atoms with Gasteiger partial charge in [-0.1, -0.05) is 19.9 Å². The van der Waals surface area contributed by atoms with Crippen molar-refractivity contribution in [3.63, 3.8) is 0 Å². The van der Waals surface area contributed by atoms with E-state index in [1.807, 2.05) is 13.1 Å². The van der Waals surface area contributed by atoms with Gasteiger partial charge in [0.25, 0.3) is 0 Å². The monoisotopic (exact) mass is 235 g/mol. The molecule has 1 fully saturated rings. The molecule has 0 aliphatic heterocycles. The van der Waals surface area contributed by atoms with E-state index in [0.29, 0.717) is 11.5 Å². The molecule has 2 heteroatoms. The molecule has 1 aromatic rings. The second kappa shape index (κ2) is 4.41. The highest BCUT2D eigenvalue weighted by Gasteiger charge is 2.49. The molecule has 0 aromatic heterocycles. The van der Waals surface area contributed by atoms with Crippen LogP contribution in [-0.4, -0.2) is 13.1 Å². The molecular formula is C15H22FN. The molecule has 1 N–H and O–H groups in total. The van der Waals surface area contributed by atoms with Crippen molar-refractivity contribution >= 4 is 0 Å². The molecule has 17 heavy (non-hydrogen) atoms. The molecule has 2 atom stereocenters. The Morgan fingerprint density at radius 2 is 2.12 bits per heavy atom. The first-order valence-electron chi connectivity index (χ1n) is 6.36. The zero-order chi connectivity index (χ0) is 12.6. The van der Waals surface area contributed by atoms with Crippen LogP contribution in [0.1, 0.15) is 31.4 Å². The maximum Gasteiger partial charge on any atom is 0.123 e. The molecule has 0 heterocycles. The summed E-state index contributed by atoms with van der Waals surface area (Å²) in [7, 11) is 2.01. The Balaban J connectivity index is 2.11. The lowest BCUT2D eigenvalue weighted by Gasteiger charge is -2.19. The zero-order valence-corrected chi connectivity index (χ0v) is 11.2. The van der Waals surface area contributed by atoms with E-state index in [1.54, 1.807) is 6.07 Å². The van der Waals surface area contributed by atoms with Crippen LogP contribution in [0, 0.1) is 24.1 Å². The molecule has 0 amide bonds. The summed E-state index contributed by atoms with van der Waals surface area (Å²) >= 11 is 0. The zero-order valence-electron chi connectivity index (χ0n) is 11.2. The van der Waals surface area contributed by atoms with Crippen molar-refractivity contribution in [1.29, 1.82) is 0 Å². The molecular weight excluding hydrogens is 213 g/mol. The van der Waals surface area contributed by atoms with Crippen LogP contribution in [0.2, 0.25) is 0 Å². The van der Waals surface area contributed by atoms with Crippen molar-refractivity contribution in [3.8, 4) is 0 Å². The van der Waals surface area contributed by atoms with Crippen LogP contribution >= 0.6 is 0 Å². The van der Waals surface area contributed by atoms with Crippen LogP contribution in [0.15, 0.2) is 18.2 Å². The van der Waals surface area contributed by atoms with Crippen LogP contribution in [0.5, 0.6) is 0 Å². The fourth-order valence-electron chi connectivity index (χ4n) is 2.74. The number of hydrogen-bond donors (Lipinski definition) is 1. The highest BCUT2D eigenvalue weighted by atomic mass is 19.1. The van der Waals surface area contributed by atoms with Crippen molar-refractivity contribution in [3.05, 3.63) is 35.1 Å². The van der Waals surface area contributed by atoms with Gasteiger partial charge in [0.1, 0.15) is 5.82 Å². The number of benzene rings is 1. The van der Waals surface area contributed by atoms with Gasteiger partial charge in [0.05, 0.1) is 0 Å². The molecule has 1 saturated carbocycles. The van der Waals surface area contributed by atoms with Crippen LogP contribution in [0.3, 0.4) is 0 Å². The van der Waals surface area contributed by atoms with E-state index in [2.05, 4.69) is 26.1 Å². The SMILES string of the molecule is CNC(Cc1cc(F)ccc1C)C1CC1(C)C. The Morgan fingerprint density at radius 1 is 1.47 bits per heavy atom. The van der Waals surface area contributed by atoms with Gasteiger partial charge in [-0.15, -0.1) is 0 Å². The topological polar surface area (TPSA) is 12.0 Å². The lowest BCUT2D eigenvalue weighted by molar-refractivity contribution is 0.425. The van der Waals surface area contributed by atoms with Crippen LogP contribution < -0.4 is 5.32 Å². The number of likely N-dealkylation sites (N-methyl/N-ethyl adjacent to an activating group) is 1. The molecule has 2 unspecified atom stereocenters. The third-order valence-electron chi connectivity index (χ3n) is 4.20. The first-order chi connectivity index (χ1) is 7.94. The summed E-state index contributed by atoms with van der Waals surface area (Å²) in [6, 6.07) is 5.55. The molecule has 1 aromatic carbocycles. The smallest absolute Gasteiger partial charge is 0.123 e. The van der Waals surface area contributed by atoms with Gasteiger partial charge in [-0.25, -0.2) is 4.39 Å². The molecule has 1 aliphatic carbocycles. The standard InChI is InChI=1S/C15H22FN/c1-10-5-6-12(16)7-11(10)8-14(17-4)13-9-15(13,2)3/h5-7,13-14,17H,8-9H2,1-4H3. The second-order valence-electron chi connectivity index (χ2n) is 5.97. The minimum atomic E-state index is -0.129. The van der Waals surface area contributed by atoms with Crippen molar-refractivity contribution in [2.24, 2.45) is 11.3 Å². The van der Waals surface area contributed by atoms with E-state index in [9.17, 15) is 4.39 Å². The van der Waals surface area contributed by atoms with Crippen molar-refractivity contribution in [2.75, 3.05) is 7.05 Å². The predicted octanol–water partition coefficient (Wildman–Crippen LogP) is 3.31. The van der Waals surface area contributed by atoms with Crippen LogP contribution in [0.4, 0.5) is 4.39 Å². The van der Waals surface area contributed by atoms with Gasteiger partial charge in [-0.2, -0.15) is 0 Å². The second-order valence-corrected chi connectivity index (χ2v) is 5.97. The molecule has 0 radical (unpaired) electrons. The van der Waals surface area contributed by atoms with Crippen molar-refractivity contribution < 1.29 is 4.39 Å². The fourth-order valence-corrected chi connectivity index (χ4v) is 2.74. The summed E-state index contributed by atoms with van der Waals surface area (Å²) in [5, 5.41) is 3.39. The quantitative estimate of drug-likeness (QED) is 0.844. The number of hydrogen-bond acceptors (Lipinski definition) is 1. The highest BCUT2D eigenvalue weighted by Crippen LogP contribution is 2.54. The summed E-state index contributed by atoms with van der Waals surface area (Å²) in [6.45, 7) is 6.67. The third kappa shape index (κ3) is 2.68. The summed E-state index contributed by atoms with van der Waals surface area (Å²) in [5.41, 5.74) is 2.77. The molecule has 1 nitrogen and oxygen atoms in total. The molecule has 94 valence electrons. The van der Waals surface area contributed by atoms with Gasteiger partial charge < -0.3 is 5.32 Å². The van der Waals surface area contributed by atoms with Crippen LogP contribution in [-0.2, 0) is 6.42 Å². The highest BCUT2D eigenvalue weighted by molar-refractivity contribution is 5.28. The van der Waals surface area contributed by atoms with Gasteiger partial charge >= 0.3 is 0 Å². The molecule has 0 bridgehead atoms. The number of halogens is 1. The minimum absolute atomic E-state index is 0.129. The van der Waals surface area contributed by atoms with E-state index in [1.165, 1.54) is 18.1 Å². The first kappa shape index (κ1) is 12.6. The summed E-state index contributed by atoms with van der Waals surface area (Å²) in [4.78, 5) is 0. The number of rotatable bonds is 4. The van der Waals surface area contributed by atoms with Gasteiger partial charge in [-0.3, -0.25) is 0 Å². The van der Waals surface area contributed by atoms with Gasteiger partial charge in [0, 0.05) is 6.04 Å². The Bertz CT molecular complexity index is 411. The Morgan fingerprint density at radius 3 is 2.65 bits per heavy atom. The first-order valence-corrected chi connectivity index (χ1v) is 6.36.